The average Bonchev–Trinajstić information content (AvgIpc) is 2.15. The van der Waals surface area contributed by atoms with E-state index in [4.69, 9.17) is 9.47 Å². The van der Waals surface area contributed by atoms with Crippen molar-refractivity contribution in [2.45, 2.75) is 51.4 Å². The molecule has 3 heteroatoms. The van der Waals surface area contributed by atoms with Crippen LogP contribution in [0.3, 0.4) is 0 Å². The Labute approximate surface area is 87.2 Å². The van der Waals surface area contributed by atoms with Crippen molar-refractivity contribution < 1.29 is 9.47 Å². The first-order valence-corrected chi connectivity index (χ1v) is 5.43. The fraction of sp³-hybridized carbons (Fsp3) is 1.00. The molecular weight excluding hydrogens is 178 g/mol. The standard InChI is InChI=1S/C11H23NO2/c1-9-7-10(5-6-14-9)12-8-11(2,3)13-4/h9-10,12H,5-8H2,1-4H3. The second-order valence-electron chi connectivity index (χ2n) is 4.75. The summed E-state index contributed by atoms with van der Waals surface area (Å²) in [6, 6.07) is 0.591. The zero-order valence-electron chi connectivity index (χ0n) is 9.80. The van der Waals surface area contributed by atoms with Crippen LogP contribution in [0.25, 0.3) is 0 Å². The first-order chi connectivity index (χ1) is 6.53. The molecule has 0 aromatic heterocycles. The summed E-state index contributed by atoms with van der Waals surface area (Å²) in [5, 5.41) is 3.54. The maximum atomic E-state index is 5.50. The first kappa shape index (κ1) is 12.0. The van der Waals surface area contributed by atoms with E-state index < -0.39 is 0 Å². The van der Waals surface area contributed by atoms with Gasteiger partial charge in [-0.3, -0.25) is 0 Å². The van der Waals surface area contributed by atoms with Crippen molar-refractivity contribution in [1.82, 2.24) is 5.32 Å². The van der Waals surface area contributed by atoms with E-state index in [2.05, 4.69) is 26.1 Å². The number of hydrogen-bond acceptors (Lipinski definition) is 3. The Hall–Kier alpha value is -0.120. The molecule has 3 nitrogen and oxygen atoms in total. The van der Waals surface area contributed by atoms with E-state index in [0.29, 0.717) is 12.1 Å². The molecule has 1 N–H and O–H groups in total. The van der Waals surface area contributed by atoms with E-state index in [1.807, 2.05) is 0 Å². The quantitative estimate of drug-likeness (QED) is 0.749. The van der Waals surface area contributed by atoms with Crippen molar-refractivity contribution >= 4 is 0 Å². The Morgan fingerprint density at radius 1 is 1.50 bits per heavy atom. The van der Waals surface area contributed by atoms with Gasteiger partial charge < -0.3 is 14.8 Å². The van der Waals surface area contributed by atoms with Crippen LogP contribution in [-0.4, -0.2) is 38.0 Å². The smallest absolute Gasteiger partial charge is 0.0746 e. The molecule has 1 aliphatic heterocycles. The zero-order chi connectivity index (χ0) is 10.6. The van der Waals surface area contributed by atoms with Crippen molar-refractivity contribution in [3.8, 4) is 0 Å². The summed E-state index contributed by atoms with van der Waals surface area (Å²) in [4.78, 5) is 0. The number of nitrogens with one attached hydrogen (secondary N) is 1. The molecule has 0 radical (unpaired) electrons. The summed E-state index contributed by atoms with van der Waals surface area (Å²) < 4.78 is 10.9. The number of ether oxygens (including phenoxy) is 2. The number of hydrogen-bond donors (Lipinski definition) is 1. The second-order valence-corrected chi connectivity index (χ2v) is 4.75. The molecule has 0 aromatic rings. The fourth-order valence-electron chi connectivity index (χ4n) is 1.65. The molecule has 1 saturated heterocycles. The molecule has 0 saturated carbocycles. The highest BCUT2D eigenvalue weighted by molar-refractivity contribution is 4.79. The van der Waals surface area contributed by atoms with E-state index in [-0.39, 0.29) is 5.60 Å². The summed E-state index contributed by atoms with van der Waals surface area (Å²) in [6.07, 6.45) is 2.62. The molecule has 2 unspecified atom stereocenters. The summed E-state index contributed by atoms with van der Waals surface area (Å²) in [5.41, 5.74) is -0.0679. The molecule has 0 aromatic carbocycles. The topological polar surface area (TPSA) is 30.5 Å². The Kier molecular flexibility index (Phi) is 4.35. The van der Waals surface area contributed by atoms with Gasteiger partial charge in [0.05, 0.1) is 11.7 Å². The van der Waals surface area contributed by atoms with Crippen LogP contribution in [-0.2, 0) is 9.47 Å². The molecule has 0 amide bonds. The van der Waals surface area contributed by atoms with E-state index in [9.17, 15) is 0 Å². The minimum atomic E-state index is -0.0679. The van der Waals surface area contributed by atoms with Crippen molar-refractivity contribution in [2.24, 2.45) is 0 Å². The van der Waals surface area contributed by atoms with Crippen LogP contribution in [0.4, 0.5) is 0 Å². The Balaban J connectivity index is 2.23. The molecule has 1 rings (SSSR count). The van der Waals surface area contributed by atoms with Gasteiger partial charge in [0.15, 0.2) is 0 Å². The monoisotopic (exact) mass is 201 g/mol. The van der Waals surface area contributed by atoms with Gasteiger partial charge in [-0.15, -0.1) is 0 Å². The fourth-order valence-corrected chi connectivity index (χ4v) is 1.65. The lowest BCUT2D eigenvalue weighted by molar-refractivity contribution is -0.00432. The lowest BCUT2D eigenvalue weighted by Crippen LogP contribution is -2.45. The normalized spacial score (nSPS) is 29.1. The van der Waals surface area contributed by atoms with Crippen molar-refractivity contribution in [3.05, 3.63) is 0 Å². The van der Waals surface area contributed by atoms with Gasteiger partial charge in [-0.1, -0.05) is 0 Å². The maximum absolute atomic E-state index is 5.50. The predicted octanol–water partition coefficient (Wildman–Crippen LogP) is 1.57. The second kappa shape index (κ2) is 5.10. The predicted molar refractivity (Wildman–Crippen MR) is 57.5 cm³/mol. The molecule has 0 aliphatic carbocycles. The third kappa shape index (κ3) is 3.95. The third-order valence-electron chi connectivity index (χ3n) is 2.85. The SMILES string of the molecule is COC(C)(C)CNC1CCOC(C)C1. The van der Waals surface area contributed by atoms with Gasteiger partial charge in [-0.2, -0.15) is 0 Å². The molecular formula is C11H23NO2. The molecule has 1 aliphatic rings. The van der Waals surface area contributed by atoms with Crippen LogP contribution in [0.1, 0.15) is 33.6 Å². The summed E-state index contributed by atoms with van der Waals surface area (Å²) in [7, 11) is 1.76. The number of rotatable bonds is 4. The molecule has 0 spiro atoms. The molecule has 2 atom stereocenters. The van der Waals surface area contributed by atoms with Crippen LogP contribution in [0.2, 0.25) is 0 Å². The third-order valence-corrected chi connectivity index (χ3v) is 2.85. The van der Waals surface area contributed by atoms with Crippen LogP contribution in [0, 0.1) is 0 Å². The average molecular weight is 201 g/mol. The lowest BCUT2D eigenvalue weighted by Gasteiger charge is -2.31. The van der Waals surface area contributed by atoms with E-state index >= 15 is 0 Å². The minimum Gasteiger partial charge on any atom is -0.378 e. The van der Waals surface area contributed by atoms with Gasteiger partial charge in [-0.05, 0) is 33.6 Å². The zero-order valence-corrected chi connectivity index (χ0v) is 9.80. The summed E-state index contributed by atoms with van der Waals surface area (Å²) >= 11 is 0. The van der Waals surface area contributed by atoms with Gasteiger partial charge in [0, 0.05) is 26.3 Å². The summed E-state index contributed by atoms with van der Waals surface area (Å²) in [5.74, 6) is 0. The van der Waals surface area contributed by atoms with Crippen LogP contribution in [0.5, 0.6) is 0 Å². The molecule has 1 heterocycles. The van der Waals surface area contributed by atoms with Crippen LogP contribution in [0.15, 0.2) is 0 Å². The highest BCUT2D eigenvalue weighted by atomic mass is 16.5. The van der Waals surface area contributed by atoms with Crippen LogP contribution < -0.4 is 5.32 Å². The van der Waals surface area contributed by atoms with Crippen molar-refractivity contribution in [1.29, 1.82) is 0 Å². The van der Waals surface area contributed by atoms with Crippen molar-refractivity contribution in [3.63, 3.8) is 0 Å². The van der Waals surface area contributed by atoms with E-state index in [1.165, 1.54) is 0 Å². The van der Waals surface area contributed by atoms with Crippen LogP contribution >= 0.6 is 0 Å². The van der Waals surface area contributed by atoms with Gasteiger partial charge in [-0.25, -0.2) is 0 Å². The molecule has 14 heavy (non-hydrogen) atoms. The highest BCUT2D eigenvalue weighted by Crippen LogP contribution is 2.14. The first-order valence-electron chi connectivity index (χ1n) is 5.43. The molecule has 0 bridgehead atoms. The van der Waals surface area contributed by atoms with Gasteiger partial charge in [0.1, 0.15) is 0 Å². The Morgan fingerprint density at radius 3 is 2.79 bits per heavy atom. The Morgan fingerprint density at radius 2 is 2.21 bits per heavy atom. The van der Waals surface area contributed by atoms with E-state index in [0.717, 1.165) is 26.0 Å². The van der Waals surface area contributed by atoms with Crippen molar-refractivity contribution in [2.75, 3.05) is 20.3 Å². The van der Waals surface area contributed by atoms with Gasteiger partial charge >= 0.3 is 0 Å². The maximum Gasteiger partial charge on any atom is 0.0746 e. The highest BCUT2D eigenvalue weighted by Gasteiger charge is 2.22. The number of methoxy groups -OCH3 is 1. The van der Waals surface area contributed by atoms with Gasteiger partial charge in [0.25, 0.3) is 0 Å². The largest absolute Gasteiger partial charge is 0.378 e. The van der Waals surface area contributed by atoms with E-state index in [1.54, 1.807) is 7.11 Å². The molecule has 1 fully saturated rings. The Bertz CT molecular complexity index is 171. The summed E-state index contributed by atoms with van der Waals surface area (Å²) in [6.45, 7) is 8.12. The minimum absolute atomic E-state index is 0.0679. The lowest BCUT2D eigenvalue weighted by atomic mass is 10.0. The van der Waals surface area contributed by atoms with Gasteiger partial charge in [0.2, 0.25) is 0 Å². The molecule has 84 valence electrons.